The number of nitrogens with two attached hydrogens (primary N) is 1. The summed E-state index contributed by atoms with van der Waals surface area (Å²) >= 11 is 0. The number of rotatable bonds is 9. The molecule has 30 heavy (non-hydrogen) atoms. The number of nitrogens with zero attached hydrogens (tertiary/aromatic N) is 1. The van der Waals surface area contributed by atoms with Crippen LogP contribution < -0.4 is 18.1 Å². The highest BCUT2D eigenvalue weighted by Crippen LogP contribution is 2.12. The van der Waals surface area contributed by atoms with Crippen molar-refractivity contribution in [2.24, 2.45) is 5.73 Å². The number of halogens is 1. The van der Waals surface area contributed by atoms with Gasteiger partial charge in [-0.2, -0.15) is 0 Å². The van der Waals surface area contributed by atoms with E-state index in [0.717, 1.165) is 50.1 Å². The molecule has 0 fully saturated rings. The Kier molecular flexibility index (Phi) is 21.3. The van der Waals surface area contributed by atoms with Crippen LogP contribution in [0.5, 0.6) is 0 Å². The molecule has 0 saturated heterocycles. The second kappa shape index (κ2) is 18.3. The molecule has 172 valence electrons. The van der Waals surface area contributed by atoms with Gasteiger partial charge >= 0.3 is 8.80 Å². The van der Waals surface area contributed by atoms with Gasteiger partial charge in [0, 0.05) is 26.5 Å². The van der Waals surface area contributed by atoms with E-state index in [2.05, 4.69) is 46.1 Å². The molecule has 11 heteroatoms. The summed E-state index contributed by atoms with van der Waals surface area (Å²) in [4.78, 5) is 41.8. The van der Waals surface area contributed by atoms with Crippen molar-refractivity contribution in [1.82, 2.24) is 0 Å². The molecule has 0 unspecified atom stereocenters. The summed E-state index contributed by atoms with van der Waals surface area (Å²) in [6, 6.07) is 0. The molecule has 0 aromatic rings. The Bertz CT molecular complexity index is 569. The monoisotopic (exact) mass is 464 g/mol. The lowest BCUT2D eigenvalue weighted by molar-refractivity contribution is -0.878. The van der Waals surface area contributed by atoms with Crippen LogP contribution in [0.4, 0.5) is 0 Å². The number of amides is 1. The van der Waals surface area contributed by atoms with Gasteiger partial charge in [-0.3, -0.25) is 19.2 Å². The SMILES string of the molecule is C=CC(N)=O.C=CC[N+](C)(C)CC=C.C=C[Si](OC(C)=O)(OC(C)=O)OC(C)=O.[Cl-]. The molecule has 0 aromatic heterocycles. The van der Waals surface area contributed by atoms with Gasteiger partial charge in [0.15, 0.2) is 0 Å². The van der Waals surface area contributed by atoms with Gasteiger partial charge in [-0.15, -0.1) is 0 Å². The first-order valence-corrected chi connectivity index (χ1v) is 10.2. The van der Waals surface area contributed by atoms with Gasteiger partial charge in [0.2, 0.25) is 5.91 Å². The summed E-state index contributed by atoms with van der Waals surface area (Å²) in [5, 5.41) is 0. The number of carbonyl (C=O) groups is 4. The maximum Gasteiger partial charge on any atom is 0.734 e. The predicted octanol–water partition coefficient (Wildman–Crippen LogP) is -1.56. The van der Waals surface area contributed by atoms with Crippen LogP contribution in [0.15, 0.2) is 50.2 Å². The molecular weight excluding hydrogens is 432 g/mol. The quantitative estimate of drug-likeness (QED) is 0.189. The predicted molar refractivity (Wildman–Crippen MR) is 113 cm³/mol. The van der Waals surface area contributed by atoms with E-state index >= 15 is 0 Å². The highest BCUT2D eigenvalue weighted by atomic mass is 35.5. The van der Waals surface area contributed by atoms with E-state index in [1.807, 2.05) is 12.2 Å². The van der Waals surface area contributed by atoms with Crippen molar-refractivity contribution in [3.8, 4) is 0 Å². The molecule has 0 aliphatic rings. The summed E-state index contributed by atoms with van der Waals surface area (Å²) in [5.41, 5.74) is 5.57. The molecule has 1 amide bonds. The normalized spacial score (nSPS) is 9.37. The molecule has 9 nitrogen and oxygen atoms in total. The molecular formula is C19H33ClN2O7Si. The average Bonchev–Trinajstić information content (AvgIpc) is 2.53. The Labute approximate surface area is 186 Å². The number of carbonyl (C=O) groups excluding carboxylic acids is 4. The molecule has 0 aliphatic carbocycles. The third kappa shape index (κ3) is 23.3. The van der Waals surface area contributed by atoms with Crippen molar-refractivity contribution in [2.45, 2.75) is 20.8 Å². The summed E-state index contributed by atoms with van der Waals surface area (Å²) in [7, 11) is 0.569. The zero-order valence-electron chi connectivity index (χ0n) is 18.3. The molecule has 0 spiro atoms. The largest absolute Gasteiger partial charge is 1.00 e. The lowest BCUT2D eigenvalue weighted by atomic mass is 10.4. The molecule has 0 aliphatic heterocycles. The molecule has 0 radical (unpaired) electrons. The molecule has 0 bridgehead atoms. The van der Waals surface area contributed by atoms with Gasteiger partial charge in [0.25, 0.3) is 17.9 Å². The van der Waals surface area contributed by atoms with Gasteiger partial charge in [-0.25, -0.2) is 0 Å². The standard InChI is InChI=1S/C8H16N.C8H12O6Si.C3H5NO.ClH/c1-5-7-9(3,4)8-6-2;1-5-15(12-6(2)9,13-7(3)10)14-8(4)11;1-2-3(4)5;/h5-6H,1-2,7-8H2,3-4H3;5H,1H2,2-4H3;2H,1H2,(H2,4,5);1H/q+1;;;/p-1. The molecule has 0 aromatic carbocycles. The maximum absolute atomic E-state index is 10.8. The Morgan fingerprint density at radius 1 is 0.833 bits per heavy atom. The molecule has 0 heterocycles. The van der Waals surface area contributed by atoms with Crippen LogP contribution in [0.2, 0.25) is 0 Å². The van der Waals surface area contributed by atoms with Gasteiger partial charge < -0.3 is 35.9 Å². The van der Waals surface area contributed by atoms with Gasteiger partial charge in [0.1, 0.15) is 0 Å². The van der Waals surface area contributed by atoms with Crippen LogP contribution in [0.3, 0.4) is 0 Å². The summed E-state index contributed by atoms with van der Waals surface area (Å²) in [6.07, 6.45) is 4.92. The van der Waals surface area contributed by atoms with Gasteiger partial charge in [-0.05, 0) is 18.2 Å². The van der Waals surface area contributed by atoms with E-state index < -0.39 is 32.6 Å². The van der Waals surface area contributed by atoms with E-state index in [0.29, 0.717) is 0 Å². The molecule has 0 atom stereocenters. The number of hydrogen-bond donors (Lipinski definition) is 1. The van der Waals surface area contributed by atoms with E-state index in [1.54, 1.807) is 0 Å². The first kappa shape index (κ1) is 34.8. The van der Waals surface area contributed by atoms with E-state index in [-0.39, 0.29) is 12.4 Å². The van der Waals surface area contributed by atoms with Crippen LogP contribution in [-0.2, 0) is 32.5 Å². The van der Waals surface area contributed by atoms with Crippen LogP contribution in [0.25, 0.3) is 0 Å². The summed E-state index contributed by atoms with van der Waals surface area (Å²) in [5.74, 6) is -2.64. The van der Waals surface area contributed by atoms with Crippen molar-refractivity contribution in [1.29, 1.82) is 0 Å². The first-order chi connectivity index (χ1) is 13.2. The van der Waals surface area contributed by atoms with E-state index in [9.17, 15) is 19.2 Å². The van der Waals surface area contributed by atoms with E-state index in [1.165, 1.54) is 0 Å². The highest BCUT2D eigenvalue weighted by molar-refractivity contribution is 6.70. The topological polar surface area (TPSA) is 122 Å². The average molecular weight is 465 g/mol. The molecule has 2 N–H and O–H groups in total. The first-order valence-electron chi connectivity index (χ1n) is 8.38. The fourth-order valence-corrected chi connectivity index (χ4v) is 3.14. The smallest absolute Gasteiger partial charge is 0.734 e. The lowest BCUT2D eigenvalue weighted by Gasteiger charge is -2.26. The van der Waals surface area contributed by atoms with Gasteiger partial charge in [-0.1, -0.05) is 26.3 Å². The third-order valence-corrected chi connectivity index (χ3v) is 4.77. The summed E-state index contributed by atoms with van der Waals surface area (Å²) < 4.78 is 15.1. The van der Waals surface area contributed by atoms with Crippen molar-refractivity contribution < 1.29 is 49.3 Å². The van der Waals surface area contributed by atoms with Crippen LogP contribution >= 0.6 is 0 Å². The minimum Gasteiger partial charge on any atom is -1.00 e. The molecule has 0 rings (SSSR count). The fourth-order valence-electron chi connectivity index (χ4n) is 1.56. The number of primary amides is 1. The van der Waals surface area contributed by atoms with Crippen molar-refractivity contribution in [3.05, 3.63) is 50.2 Å². The Morgan fingerprint density at radius 2 is 1.10 bits per heavy atom. The highest BCUT2D eigenvalue weighted by Gasteiger charge is 2.48. The second-order valence-electron chi connectivity index (χ2n) is 6.07. The second-order valence-corrected chi connectivity index (χ2v) is 8.30. The van der Waals surface area contributed by atoms with Crippen LogP contribution in [-0.4, -0.2) is 64.3 Å². The number of hydrogen-bond acceptors (Lipinski definition) is 7. The van der Waals surface area contributed by atoms with Crippen molar-refractivity contribution >= 4 is 32.6 Å². The zero-order chi connectivity index (χ0) is 23.7. The Morgan fingerprint density at radius 3 is 1.23 bits per heavy atom. The molecule has 0 saturated carbocycles. The Hall–Kier alpha value is -2.69. The van der Waals surface area contributed by atoms with E-state index in [4.69, 9.17) is 13.3 Å². The fraction of sp³-hybridized carbons (Fsp3) is 0.368. The van der Waals surface area contributed by atoms with Crippen LogP contribution in [0, 0.1) is 0 Å². The minimum atomic E-state index is -3.74. The maximum atomic E-state index is 10.8. The zero-order valence-corrected chi connectivity index (χ0v) is 20.1. The van der Waals surface area contributed by atoms with Crippen LogP contribution in [0.1, 0.15) is 20.8 Å². The van der Waals surface area contributed by atoms with Crippen molar-refractivity contribution in [3.63, 3.8) is 0 Å². The van der Waals surface area contributed by atoms with Gasteiger partial charge in [0.05, 0.1) is 27.2 Å². The van der Waals surface area contributed by atoms with Crippen molar-refractivity contribution in [2.75, 3.05) is 27.2 Å². The third-order valence-electron chi connectivity index (χ3n) is 2.56. The number of quaternary nitrogens is 1. The Balaban J connectivity index is -0.000000192. The number of likely N-dealkylation sites (N-methyl/N-ethyl adjacent to an activating group) is 1. The summed E-state index contributed by atoms with van der Waals surface area (Å²) in [6.45, 7) is 19.1. The minimum absolute atomic E-state index is 0. The lowest BCUT2D eigenvalue weighted by Crippen LogP contribution is -3.00.